The van der Waals surface area contributed by atoms with Crippen molar-refractivity contribution in [2.75, 3.05) is 0 Å². The summed E-state index contributed by atoms with van der Waals surface area (Å²) in [5.41, 5.74) is -0.183. The van der Waals surface area contributed by atoms with Gasteiger partial charge in [-0.25, -0.2) is 4.79 Å². The van der Waals surface area contributed by atoms with Crippen molar-refractivity contribution in [2.45, 2.75) is 0 Å². The minimum atomic E-state index is -0.183. The maximum atomic E-state index is 11.0. The first-order valence-corrected chi connectivity index (χ1v) is 3.14. The molecular weight excluding hydrogens is 144 g/mol. The normalized spacial score (nSPS) is 10.2. The molecule has 2 heterocycles. The molecule has 0 saturated carbocycles. The van der Waals surface area contributed by atoms with Gasteiger partial charge in [-0.05, 0) is 0 Å². The molecule has 11 heavy (non-hydrogen) atoms. The van der Waals surface area contributed by atoms with Crippen molar-refractivity contribution in [3.8, 4) is 5.82 Å². The Morgan fingerprint density at radius 3 is 2.91 bits per heavy atom. The van der Waals surface area contributed by atoms with Crippen molar-refractivity contribution in [3.63, 3.8) is 0 Å². The molecule has 2 aromatic heterocycles. The van der Waals surface area contributed by atoms with Crippen LogP contribution in [0.15, 0.2) is 29.5 Å². The van der Waals surface area contributed by atoms with Crippen molar-refractivity contribution in [3.05, 3.63) is 35.1 Å². The number of aromatic nitrogens is 4. The van der Waals surface area contributed by atoms with Gasteiger partial charge in [0, 0.05) is 24.7 Å². The smallest absolute Gasteiger partial charge is 0.312 e. The third-order valence-corrected chi connectivity index (χ3v) is 1.38. The van der Waals surface area contributed by atoms with Crippen molar-refractivity contribution in [2.24, 2.45) is 0 Å². The molecule has 2 aromatic rings. The van der Waals surface area contributed by atoms with Gasteiger partial charge in [0.2, 0.25) is 0 Å². The molecule has 0 aliphatic rings. The van der Waals surface area contributed by atoms with Gasteiger partial charge < -0.3 is 4.98 Å². The fraction of sp³-hybridized carbons (Fsp3) is 0. The largest absolute Gasteiger partial charge is 0.331 e. The predicted octanol–water partition coefficient (Wildman–Crippen LogP) is -0.111. The topological polar surface area (TPSA) is 66.5 Å². The maximum Gasteiger partial charge on any atom is 0.331 e. The van der Waals surface area contributed by atoms with Gasteiger partial charge in [0.25, 0.3) is 0 Å². The van der Waals surface area contributed by atoms with E-state index in [4.69, 9.17) is 0 Å². The summed E-state index contributed by atoms with van der Waals surface area (Å²) in [5.74, 6) is 0.594. The number of hydrogen-bond donors (Lipinski definition) is 2. The average Bonchev–Trinajstić information content (AvgIpc) is 2.55. The summed E-state index contributed by atoms with van der Waals surface area (Å²) in [6, 6.07) is 1.72. The molecule has 0 amide bonds. The highest BCUT2D eigenvalue weighted by Gasteiger charge is 1.99. The highest BCUT2D eigenvalue weighted by atomic mass is 16.1. The number of aromatic amines is 2. The molecule has 56 valence electrons. The first kappa shape index (κ1) is 5.96. The Morgan fingerprint density at radius 1 is 1.45 bits per heavy atom. The standard InChI is InChI=1S/C6H6N4O/c11-6-7-3-4-10(6)5-1-2-8-9-5/h1-4H,(H,7,11)(H,8,9). The first-order valence-electron chi connectivity index (χ1n) is 3.14. The zero-order valence-corrected chi connectivity index (χ0v) is 5.61. The highest BCUT2D eigenvalue weighted by molar-refractivity contribution is 5.18. The lowest BCUT2D eigenvalue weighted by Gasteiger charge is -1.89. The molecule has 0 fully saturated rings. The SMILES string of the molecule is O=c1[nH]ccn1-c1cc[nH]n1. The Hall–Kier alpha value is -1.78. The van der Waals surface area contributed by atoms with E-state index in [0.717, 1.165) is 0 Å². The molecule has 0 aromatic carbocycles. The number of rotatable bonds is 1. The minimum Gasteiger partial charge on any atom is -0.312 e. The summed E-state index contributed by atoms with van der Waals surface area (Å²) in [6.07, 6.45) is 4.85. The van der Waals surface area contributed by atoms with E-state index < -0.39 is 0 Å². The van der Waals surface area contributed by atoms with Crippen LogP contribution in [-0.4, -0.2) is 19.7 Å². The monoisotopic (exact) mass is 150 g/mol. The third kappa shape index (κ3) is 0.861. The van der Waals surface area contributed by atoms with Crippen LogP contribution in [0.2, 0.25) is 0 Å². The Balaban J connectivity index is 2.62. The van der Waals surface area contributed by atoms with Crippen LogP contribution in [0.1, 0.15) is 0 Å². The van der Waals surface area contributed by atoms with Gasteiger partial charge in [0.1, 0.15) is 0 Å². The third-order valence-electron chi connectivity index (χ3n) is 1.38. The molecule has 5 nitrogen and oxygen atoms in total. The van der Waals surface area contributed by atoms with Crippen LogP contribution in [0.4, 0.5) is 0 Å². The van der Waals surface area contributed by atoms with Crippen LogP contribution in [0.25, 0.3) is 5.82 Å². The summed E-state index contributed by atoms with van der Waals surface area (Å²) in [4.78, 5) is 13.5. The van der Waals surface area contributed by atoms with E-state index in [1.54, 1.807) is 24.7 Å². The lowest BCUT2D eigenvalue weighted by atomic mass is 10.6. The Morgan fingerprint density at radius 2 is 2.36 bits per heavy atom. The summed E-state index contributed by atoms with van der Waals surface area (Å²) in [7, 11) is 0. The van der Waals surface area contributed by atoms with Gasteiger partial charge in [-0.15, -0.1) is 0 Å². The van der Waals surface area contributed by atoms with Gasteiger partial charge >= 0.3 is 5.69 Å². The van der Waals surface area contributed by atoms with E-state index in [2.05, 4.69) is 15.2 Å². The van der Waals surface area contributed by atoms with Crippen LogP contribution in [-0.2, 0) is 0 Å². The summed E-state index contributed by atoms with van der Waals surface area (Å²) < 4.78 is 1.41. The molecule has 0 aliphatic heterocycles. The molecule has 0 unspecified atom stereocenters. The van der Waals surface area contributed by atoms with Crippen LogP contribution in [0.3, 0.4) is 0 Å². The zero-order chi connectivity index (χ0) is 7.68. The Bertz CT molecular complexity index is 383. The number of nitrogens with zero attached hydrogens (tertiary/aromatic N) is 2. The molecule has 2 N–H and O–H groups in total. The number of imidazole rings is 1. The van der Waals surface area contributed by atoms with Gasteiger partial charge in [-0.2, -0.15) is 5.10 Å². The maximum absolute atomic E-state index is 11.0. The molecule has 0 saturated heterocycles. The average molecular weight is 150 g/mol. The summed E-state index contributed by atoms with van der Waals surface area (Å²) in [6.45, 7) is 0. The van der Waals surface area contributed by atoms with E-state index in [1.165, 1.54) is 4.57 Å². The quantitative estimate of drug-likeness (QED) is 0.595. The minimum absolute atomic E-state index is 0.183. The lowest BCUT2D eigenvalue weighted by molar-refractivity contribution is 0.917. The Labute approximate surface area is 61.7 Å². The second kappa shape index (κ2) is 2.12. The number of hydrogen-bond acceptors (Lipinski definition) is 2. The van der Waals surface area contributed by atoms with E-state index in [1.807, 2.05) is 0 Å². The lowest BCUT2D eigenvalue weighted by Crippen LogP contribution is -2.14. The first-order chi connectivity index (χ1) is 5.38. The predicted molar refractivity (Wildman–Crippen MR) is 38.5 cm³/mol. The Kier molecular flexibility index (Phi) is 1.15. The molecular formula is C6H6N4O. The summed E-state index contributed by atoms with van der Waals surface area (Å²) in [5, 5.41) is 6.46. The van der Waals surface area contributed by atoms with Gasteiger partial charge in [-0.3, -0.25) is 9.67 Å². The van der Waals surface area contributed by atoms with E-state index in [0.29, 0.717) is 5.82 Å². The molecule has 5 heteroatoms. The van der Waals surface area contributed by atoms with Crippen LogP contribution < -0.4 is 5.69 Å². The molecule has 0 radical (unpaired) electrons. The fourth-order valence-corrected chi connectivity index (χ4v) is 0.887. The molecule has 2 rings (SSSR count). The van der Waals surface area contributed by atoms with Crippen LogP contribution in [0.5, 0.6) is 0 Å². The molecule has 0 aliphatic carbocycles. The van der Waals surface area contributed by atoms with Gasteiger partial charge in [-0.1, -0.05) is 0 Å². The van der Waals surface area contributed by atoms with E-state index in [-0.39, 0.29) is 5.69 Å². The van der Waals surface area contributed by atoms with Crippen molar-refractivity contribution in [1.29, 1.82) is 0 Å². The fourth-order valence-electron chi connectivity index (χ4n) is 0.887. The van der Waals surface area contributed by atoms with Gasteiger partial charge in [0.05, 0.1) is 0 Å². The molecule has 0 spiro atoms. The van der Waals surface area contributed by atoms with E-state index in [9.17, 15) is 4.79 Å². The van der Waals surface area contributed by atoms with Crippen LogP contribution >= 0.6 is 0 Å². The van der Waals surface area contributed by atoms with Crippen molar-refractivity contribution >= 4 is 0 Å². The molecule has 0 atom stereocenters. The highest BCUT2D eigenvalue weighted by Crippen LogP contribution is 1.95. The van der Waals surface area contributed by atoms with Gasteiger partial charge in [0.15, 0.2) is 5.82 Å². The number of H-pyrrole nitrogens is 2. The second-order valence-corrected chi connectivity index (χ2v) is 2.07. The second-order valence-electron chi connectivity index (χ2n) is 2.07. The zero-order valence-electron chi connectivity index (χ0n) is 5.61. The van der Waals surface area contributed by atoms with E-state index >= 15 is 0 Å². The molecule has 0 bridgehead atoms. The van der Waals surface area contributed by atoms with Crippen molar-refractivity contribution in [1.82, 2.24) is 19.7 Å². The van der Waals surface area contributed by atoms with Crippen LogP contribution in [0, 0.1) is 0 Å². The number of nitrogens with one attached hydrogen (secondary N) is 2. The van der Waals surface area contributed by atoms with Crippen molar-refractivity contribution < 1.29 is 0 Å². The summed E-state index contributed by atoms with van der Waals surface area (Å²) >= 11 is 0.